The fourth-order valence-corrected chi connectivity index (χ4v) is 3.51. The van der Waals surface area contributed by atoms with Crippen molar-refractivity contribution >= 4 is 18.2 Å². The van der Waals surface area contributed by atoms with Crippen molar-refractivity contribution in [3.63, 3.8) is 0 Å². The molecule has 0 spiro atoms. The van der Waals surface area contributed by atoms with Crippen molar-refractivity contribution in [2.45, 2.75) is 60.0 Å². The van der Waals surface area contributed by atoms with Gasteiger partial charge in [-0.3, -0.25) is 14.8 Å². The molecule has 29 heavy (non-hydrogen) atoms. The molecule has 0 radical (unpaired) electrons. The highest BCUT2D eigenvalue weighted by Gasteiger charge is 2.34. The zero-order chi connectivity index (χ0) is 21.8. The lowest BCUT2D eigenvalue weighted by Crippen LogP contribution is -2.29. The Bertz CT molecular complexity index is 903. The van der Waals surface area contributed by atoms with Gasteiger partial charge in [-0.05, 0) is 57.4 Å². The molecular weight excluding hydrogens is 364 g/mol. The number of phenolic OH excluding ortho intramolecular Hbond substituents is 1. The van der Waals surface area contributed by atoms with Crippen LogP contribution in [0.2, 0.25) is 0 Å². The predicted molar refractivity (Wildman–Crippen MR) is 119 cm³/mol. The standard InChI is InChI=1S/C24H32N2O3/c1-8-9-10-26-16(2)19(15-25-7)22(28)23(3,4)13-17-11-18-14-24(5,6)29-21(18)12-20(17)27/h8-12,15,27H,13-14H2,1-7H3/b9-8-,19-16-,25-15?,26-10-. The van der Waals surface area contributed by atoms with Gasteiger partial charge in [0, 0.05) is 43.1 Å². The van der Waals surface area contributed by atoms with Gasteiger partial charge in [0.25, 0.3) is 0 Å². The van der Waals surface area contributed by atoms with Crippen LogP contribution in [-0.4, -0.2) is 36.0 Å². The number of carbonyl (C=O) groups excluding carboxylic acids is 1. The zero-order valence-electron chi connectivity index (χ0n) is 18.5. The van der Waals surface area contributed by atoms with Gasteiger partial charge in [0.1, 0.15) is 17.1 Å². The molecule has 1 aromatic rings. The molecule has 1 aliphatic rings. The SMILES string of the molecule is C\C=C/C=N\C(C)=C(\C=NC)C(=O)C(C)(C)Cc1cc2c(cc1O)OC(C)(C)C2. The summed E-state index contributed by atoms with van der Waals surface area (Å²) in [6, 6.07) is 3.62. The third-order valence-corrected chi connectivity index (χ3v) is 4.95. The first-order chi connectivity index (χ1) is 13.5. The number of ketones is 1. The summed E-state index contributed by atoms with van der Waals surface area (Å²) in [4.78, 5) is 21.7. The summed E-state index contributed by atoms with van der Waals surface area (Å²) in [7, 11) is 1.64. The van der Waals surface area contributed by atoms with Gasteiger partial charge in [0.15, 0.2) is 5.78 Å². The number of rotatable bonds is 7. The number of aliphatic imine (C=N–C) groups is 2. The van der Waals surface area contributed by atoms with Gasteiger partial charge >= 0.3 is 0 Å². The number of phenols is 1. The molecule has 1 aliphatic heterocycles. The van der Waals surface area contributed by atoms with Crippen LogP contribution in [0.25, 0.3) is 0 Å². The minimum absolute atomic E-state index is 0.0605. The highest BCUT2D eigenvalue weighted by molar-refractivity contribution is 6.16. The number of allylic oxidation sites excluding steroid dienone is 4. The van der Waals surface area contributed by atoms with Gasteiger partial charge in [0.05, 0.1) is 5.57 Å². The van der Waals surface area contributed by atoms with Crippen LogP contribution >= 0.6 is 0 Å². The Kier molecular flexibility index (Phi) is 6.83. The average molecular weight is 397 g/mol. The number of Topliss-reactive ketones (excluding diaryl/α,β-unsaturated/α-hetero) is 1. The van der Waals surface area contributed by atoms with Crippen molar-refractivity contribution in [2.24, 2.45) is 15.4 Å². The number of hydrogen-bond donors (Lipinski definition) is 1. The average Bonchev–Trinajstić information content (AvgIpc) is 2.92. The van der Waals surface area contributed by atoms with E-state index in [0.717, 1.165) is 17.5 Å². The molecule has 156 valence electrons. The van der Waals surface area contributed by atoms with Crippen molar-refractivity contribution in [1.29, 1.82) is 0 Å². The fourth-order valence-electron chi connectivity index (χ4n) is 3.51. The lowest BCUT2D eigenvalue weighted by atomic mass is 9.78. The minimum Gasteiger partial charge on any atom is -0.508 e. The van der Waals surface area contributed by atoms with Crippen molar-refractivity contribution in [3.8, 4) is 11.5 Å². The molecule has 0 unspecified atom stereocenters. The van der Waals surface area contributed by atoms with Crippen LogP contribution in [0, 0.1) is 5.41 Å². The number of aromatic hydroxyl groups is 1. The molecule has 0 atom stereocenters. The largest absolute Gasteiger partial charge is 0.508 e. The van der Waals surface area contributed by atoms with Crippen molar-refractivity contribution in [2.75, 3.05) is 7.05 Å². The molecular formula is C24H32N2O3. The maximum absolute atomic E-state index is 13.3. The van der Waals surface area contributed by atoms with Crippen LogP contribution in [0.3, 0.4) is 0 Å². The Morgan fingerprint density at radius 3 is 2.66 bits per heavy atom. The summed E-state index contributed by atoms with van der Waals surface area (Å²) >= 11 is 0. The number of nitrogens with zero attached hydrogens (tertiary/aromatic N) is 2. The van der Waals surface area contributed by atoms with Crippen LogP contribution < -0.4 is 4.74 Å². The highest BCUT2D eigenvalue weighted by atomic mass is 16.5. The molecule has 1 heterocycles. The van der Waals surface area contributed by atoms with Gasteiger partial charge in [-0.1, -0.05) is 19.9 Å². The monoisotopic (exact) mass is 396 g/mol. The van der Waals surface area contributed by atoms with E-state index in [2.05, 4.69) is 9.98 Å². The van der Waals surface area contributed by atoms with Gasteiger partial charge in [-0.15, -0.1) is 0 Å². The summed E-state index contributed by atoms with van der Waals surface area (Å²) in [5.41, 5.74) is 1.86. The van der Waals surface area contributed by atoms with E-state index in [0.29, 0.717) is 23.4 Å². The molecule has 0 saturated carbocycles. The number of fused-ring (bicyclic) bond motifs is 1. The first kappa shape index (κ1) is 22.6. The topological polar surface area (TPSA) is 71.2 Å². The molecule has 0 aromatic heterocycles. The quantitative estimate of drug-likeness (QED) is 0.528. The van der Waals surface area contributed by atoms with Gasteiger partial charge in [0.2, 0.25) is 0 Å². The fraction of sp³-hybridized carbons (Fsp3) is 0.458. The maximum Gasteiger partial charge on any atom is 0.172 e. The lowest BCUT2D eigenvalue weighted by molar-refractivity contribution is -0.122. The first-order valence-corrected chi connectivity index (χ1v) is 9.87. The van der Waals surface area contributed by atoms with Gasteiger partial charge in [-0.2, -0.15) is 0 Å². The summed E-state index contributed by atoms with van der Waals surface area (Å²) in [6.07, 6.45) is 8.08. The second-order valence-electron chi connectivity index (χ2n) is 8.71. The van der Waals surface area contributed by atoms with Crippen molar-refractivity contribution in [3.05, 3.63) is 46.7 Å². The Morgan fingerprint density at radius 2 is 2.03 bits per heavy atom. The van der Waals surface area contributed by atoms with E-state index in [-0.39, 0.29) is 17.1 Å². The summed E-state index contributed by atoms with van der Waals surface area (Å²) in [5.74, 6) is 0.808. The Labute approximate surface area is 173 Å². The van der Waals surface area contributed by atoms with E-state index < -0.39 is 5.41 Å². The molecule has 0 fully saturated rings. The van der Waals surface area contributed by atoms with E-state index in [9.17, 15) is 9.90 Å². The zero-order valence-corrected chi connectivity index (χ0v) is 18.5. The van der Waals surface area contributed by atoms with Crippen molar-refractivity contribution in [1.82, 2.24) is 0 Å². The summed E-state index contributed by atoms with van der Waals surface area (Å²) in [5, 5.41) is 10.5. The number of carbonyl (C=O) groups is 1. The van der Waals surface area contributed by atoms with E-state index in [1.807, 2.05) is 52.8 Å². The molecule has 0 bridgehead atoms. The van der Waals surface area contributed by atoms with Gasteiger partial charge < -0.3 is 9.84 Å². The predicted octanol–water partition coefficient (Wildman–Crippen LogP) is 4.87. The Balaban J connectivity index is 2.35. The second-order valence-corrected chi connectivity index (χ2v) is 8.71. The molecule has 0 amide bonds. The number of ether oxygens (including phenoxy) is 1. The van der Waals surface area contributed by atoms with E-state index in [1.165, 1.54) is 0 Å². The van der Waals surface area contributed by atoms with Crippen molar-refractivity contribution < 1.29 is 14.6 Å². The van der Waals surface area contributed by atoms with Crippen LogP contribution in [0.1, 0.15) is 52.7 Å². The van der Waals surface area contributed by atoms with E-state index in [4.69, 9.17) is 4.74 Å². The molecule has 5 nitrogen and oxygen atoms in total. The lowest BCUT2D eigenvalue weighted by Gasteiger charge is -2.25. The highest BCUT2D eigenvalue weighted by Crippen LogP contribution is 2.40. The molecule has 2 rings (SSSR count). The molecule has 5 heteroatoms. The molecule has 1 aromatic carbocycles. The van der Waals surface area contributed by atoms with Crippen LogP contribution in [0.4, 0.5) is 0 Å². The van der Waals surface area contributed by atoms with Crippen LogP contribution in [0.5, 0.6) is 11.5 Å². The minimum atomic E-state index is -0.741. The second kappa shape index (κ2) is 8.76. The molecule has 1 N–H and O–H groups in total. The van der Waals surface area contributed by atoms with Crippen LogP contribution in [-0.2, 0) is 17.6 Å². The Hall–Kier alpha value is -2.69. The number of benzene rings is 1. The van der Waals surface area contributed by atoms with Gasteiger partial charge in [-0.25, -0.2) is 0 Å². The summed E-state index contributed by atoms with van der Waals surface area (Å²) < 4.78 is 5.88. The molecule has 0 aliphatic carbocycles. The molecule has 0 saturated heterocycles. The van der Waals surface area contributed by atoms with Crippen LogP contribution in [0.15, 0.2) is 45.5 Å². The van der Waals surface area contributed by atoms with E-state index in [1.54, 1.807) is 32.5 Å². The third-order valence-electron chi connectivity index (χ3n) is 4.95. The third kappa shape index (κ3) is 5.43. The first-order valence-electron chi connectivity index (χ1n) is 9.87. The summed E-state index contributed by atoms with van der Waals surface area (Å²) in [6.45, 7) is 11.5. The van der Waals surface area contributed by atoms with E-state index >= 15 is 0 Å². The number of hydrogen-bond acceptors (Lipinski definition) is 5. The maximum atomic E-state index is 13.3. The normalized spacial score (nSPS) is 17.1. The Morgan fingerprint density at radius 1 is 1.34 bits per heavy atom. The smallest absolute Gasteiger partial charge is 0.172 e.